The average Bonchev–Trinajstić information content (AvgIpc) is 3.04. The molecule has 4 aromatic carbocycles. The van der Waals surface area contributed by atoms with Crippen LogP contribution in [0.1, 0.15) is 56.8 Å². The molecule has 1 N–H and O–H groups in total. The van der Waals surface area contributed by atoms with Crippen molar-refractivity contribution < 1.29 is 67.7 Å². The lowest BCUT2D eigenvalue weighted by molar-refractivity contribution is -0.253. The zero-order chi connectivity index (χ0) is 37.9. The Hall–Kier alpha value is -5.28. The van der Waals surface area contributed by atoms with Crippen LogP contribution in [0.2, 0.25) is 0 Å². The number of halogens is 10. The first kappa shape index (κ1) is 38.5. The van der Waals surface area contributed by atoms with Crippen molar-refractivity contribution >= 4 is 11.9 Å². The minimum atomic E-state index is -5.25. The second-order valence-electron chi connectivity index (χ2n) is 11.4. The van der Waals surface area contributed by atoms with Crippen molar-refractivity contribution in [1.29, 1.82) is 0 Å². The summed E-state index contributed by atoms with van der Waals surface area (Å²) in [4.78, 5) is 25.9. The largest absolute Gasteiger partial charge is 0.488 e. The summed E-state index contributed by atoms with van der Waals surface area (Å²) >= 11 is 0. The van der Waals surface area contributed by atoms with Crippen LogP contribution in [0.15, 0.2) is 78.9 Å². The van der Waals surface area contributed by atoms with Crippen LogP contribution in [0.5, 0.6) is 11.5 Å². The Balaban J connectivity index is 2.04. The standard InChI is InChI=1S/C35H27F10NO5/c1-18(2)50-29-15-22(9-11-28(29)38)33(17-19-4-6-20(7-5-19)31(48)49-3,23-13-24(36)16-25(14-23)51-35(44,45)32(39)40)46-30(47)21-8-10-27(37)26(12-21)34(41,42)43/h4-16,18,32H,17H2,1-3H3,(H,46,47)/t33-/m1/s1. The van der Waals surface area contributed by atoms with Crippen molar-refractivity contribution in [3.63, 3.8) is 0 Å². The van der Waals surface area contributed by atoms with Crippen LogP contribution < -0.4 is 14.8 Å². The highest BCUT2D eigenvalue weighted by molar-refractivity contribution is 5.95. The van der Waals surface area contributed by atoms with Crippen LogP contribution in [-0.4, -0.2) is 37.6 Å². The fourth-order valence-electron chi connectivity index (χ4n) is 5.07. The van der Waals surface area contributed by atoms with E-state index >= 15 is 4.39 Å². The molecule has 0 aliphatic heterocycles. The Morgan fingerprint density at radius 2 is 1.39 bits per heavy atom. The second-order valence-corrected chi connectivity index (χ2v) is 11.4. The molecule has 0 aliphatic carbocycles. The van der Waals surface area contributed by atoms with E-state index in [-0.39, 0.29) is 22.8 Å². The monoisotopic (exact) mass is 731 g/mol. The predicted molar refractivity (Wildman–Crippen MR) is 161 cm³/mol. The molecule has 0 heterocycles. The maximum atomic E-state index is 15.2. The number of hydrogen-bond acceptors (Lipinski definition) is 5. The number of hydrogen-bond donors (Lipinski definition) is 1. The first-order chi connectivity index (χ1) is 23.7. The molecule has 272 valence electrons. The lowest BCUT2D eigenvalue weighted by Gasteiger charge is -2.37. The Morgan fingerprint density at radius 1 is 0.765 bits per heavy atom. The molecule has 4 aromatic rings. The van der Waals surface area contributed by atoms with Gasteiger partial charge in [0.25, 0.3) is 5.91 Å². The summed E-state index contributed by atoms with van der Waals surface area (Å²) in [5, 5.41) is 2.46. The summed E-state index contributed by atoms with van der Waals surface area (Å²) in [6.45, 7) is 3.08. The number of nitrogens with one attached hydrogen (secondary N) is 1. The van der Waals surface area contributed by atoms with E-state index in [1.54, 1.807) is 0 Å². The third-order valence-electron chi connectivity index (χ3n) is 7.36. The highest BCUT2D eigenvalue weighted by Gasteiger charge is 2.45. The summed E-state index contributed by atoms with van der Waals surface area (Å²) in [7, 11) is 1.11. The zero-order valence-corrected chi connectivity index (χ0v) is 26.7. The van der Waals surface area contributed by atoms with Gasteiger partial charge in [-0.1, -0.05) is 18.2 Å². The lowest BCUT2D eigenvalue weighted by Crippen LogP contribution is -2.49. The van der Waals surface area contributed by atoms with Gasteiger partial charge in [-0.2, -0.15) is 30.7 Å². The third kappa shape index (κ3) is 8.91. The van der Waals surface area contributed by atoms with Crippen LogP contribution >= 0.6 is 0 Å². The molecule has 51 heavy (non-hydrogen) atoms. The molecule has 6 nitrogen and oxygen atoms in total. The molecule has 0 unspecified atom stereocenters. The summed E-state index contributed by atoms with van der Waals surface area (Å²) < 4.78 is 154. The molecule has 16 heteroatoms. The van der Waals surface area contributed by atoms with Gasteiger partial charge in [0.2, 0.25) is 0 Å². The highest BCUT2D eigenvalue weighted by Crippen LogP contribution is 2.40. The van der Waals surface area contributed by atoms with Gasteiger partial charge >= 0.3 is 24.7 Å². The maximum absolute atomic E-state index is 15.2. The zero-order valence-electron chi connectivity index (χ0n) is 26.7. The summed E-state index contributed by atoms with van der Waals surface area (Å²) in [5.74, 6) is -7.68. The van der Waals surface area contributed by atoms with E-state index in [9.17, 15) is 49.1 Å². The number of esters is 1. The number of carbonyl (C=O) groups excluding carboxylic acids is 2. The van der Waals surface area contributed by atoms with Gasteiger partial charge in [-0.15, -0.1) is 0 Å². The SMILES string of the molecule is COC(=O)c1ccc(C[C@](NC(=O)c2ccc(F)c(C(F)(F)F)c2)(c2cc(F)cc(OC(F)(F)C(F)F)c2)c2ccc(F)c(OC(C)C)c2)cc1. The van der Waals surface area contributed by atoms with E-state index in [1.165, 1.54) is 38.1 Å². The molecule has 0 aliphatic rings. The van der Waals surface area contributed by atoms with Gasteiger partial charge in [0.1, 0.15) is 17.4 Å². The van der Waals surface area contributed by atoms with Gasteiger partial charge in [-0.3, -0.25) is 4.79 Å². The van der Waals surface area contributed by atoms with Crippen LogP contribution in [0.3, 0.4) is 0 Å². The average molecular weight is 732 g/mol. The van der Waals surface area contributed by atoms with Crippen molar-refractivity contribution in [2.75, 3.05) is 7.11 Å². The summed E-state index contributed by atoms with van der Waals surface area (Å²) in [6, 6.07) is 11.2. The first-order valence-electron chi connectivity index (χ1n) is 14.7. The van der Waals surface area contributed by atoms with Gasteiger partial charge in [-0.05, 0) is 85.1 Å². The number of rotatable bonds is 12. The Kier molecular flexibility index (Phi) is 11.3. The number of ether oxygens (including phenoxy) is 3. The van der Waals surface area contributed by atoms with Crippen molar-refractivity contribution in [1.82, 2.24) is 5.32 Å². The quantitative estimate of drug-likeness (QED) is 0.117. The maximum Gasteiger partial charge on any atom is 0.461 e. The first-order valence-corrected chi connectivity index (χ1v) is 14.7. The molecular weight excluding hydrogens is 704 g/mol. The van der Waals surface area contributed by atoms with Gasteiger partial charge in [0, 0.05) is 18.1 Å². The molecule has 0 saturated carbocycles. The van der Waals surface area contributed by atoms with Gasteiger partial charge in [0.15, 0.2) is 11.6 Å². The molecule has 4 rings (SSSR count). The normalized spacial score (nSPS) is 13.2. The molecular formula is C35H27F10NO5. The predicted octanol–water partition coefficient (Wildman–Crippen LogP) is 8.85. The molecule has 1 atom stereocenters. The number of carbonyl (C=O) groups is 2. The highest BCUT2D eigenvalue weighted by atomic mass is 19.4. The molecule has 0 saturated heterocycles. The number of amides is 1. The summed E-state index contributed by atoms with van der Waals surface area (Å²) in [6.07, 6.45) is -15.9. The van der Waals surface area contributed by atoms with E-state index in [4.69, 9.17) is 4.74 Å². The van der Waals surface area contributed by atoms with E-state index in [1.807, 2.05) is 0 Å². The minimum absolute atomic E-state index is 0.0481. The Morgan fingerprint density at radius 3 is 1.98 bits per heavy atom. The number of alkyl halides is 7. The third-order valence-corrected chi connectivity index (χ3v) is 7.36. The Labute approximate surface area is 283 Å². The molecule has 1 amide bonds. The van der Waals surface area contributed by atoms with Gasteiger partial charge < -0.3 is 19.5 Å². The van der Waals surface area contributed by atoms with Crippen molar-refractivity contribution in [3.05, 3.63) is 130 Å². The molecule has 0 radical (unpaired) electrons. The Bertz CT molecular complexity index is 1900. The van der Waals surface area contributed by atoms with Crippen molar-refractivity contribution in [2.45, 2.75) is 50.6 Å². The van der Waals surface area contributed by atoms with Crippen molar-refractivity contribution in [3.8, 4) is 11.5 Å². The van der Waals surface area contributed by atoms with E-state index < -0.39 is 94.3 Å². The van der Waals surface area contributed by atoms with E-state index in [0.717, 1.165) is 25.3 Å². The van der Waals surface area contributed by atoms with E-state index in [2.05, 4.69) is 14.8 Å². The topological polar surface area (TPSA) is 73.9 Å². The van der Waals surface area contributed by atoms with Crippen LogP contribution in [0, 0.1) is 17.5 Å². The summed E-state index contributed by atoms with van der Waals surface area (Å²) in [5.41, 5.74) is -5.34. The molecule has 0 spiro atoms. The van der Waals surface area contributed by atoms with Crippen LogP contribution in [0.4, 0.5) is 43.9 Å². The fourth-order valence-corrected chi connectivity index (χ4v) is 5.07. The lowest BCUT2D eigenvalue weighted by atomic mass is 9.77. The van der Waals surface area contributed by atoms with Crippen LogP contribution in [0.25, 0.3) is 0 Å². The minimum Gasteiger partial charge on any atom is -0.488 e. The number of methoxy groups -OCH3 is 1. The smallest absolute Gasteiger partial charge is 0.461 e. The van der Waals surface area contributed by atoms with E-state index in [0.29, 0.717) is 30.3 Å². The molecule has 0 bridgehead atoms. The fraction of sp³-hybridized carbons (Fsp3) is 0.257. The van der Waals surface area contributed by atoms with Gasteiger partial charge in [0.05, 0.1) is 29.9 Å². The number of benzene rings is 4. The van der Waals surface area contributed by atoms with Gasteiger partial charge in [-0.25, -0.2) is 18.0 Å². The van der Waals surface area contributed by atoms with Crippen molar-refractivity contribution in [2.24, 2.45) is 0 Å². The molecule has 0 aromatic heterocycles. The van der Waals surface area contributed by atoms with Crippen LogP contribution in [-0.2, 0) is 22.9 Å². The second kappa shape index (κ2) is 14.9. The molecule has 0 fully saturated rings.